The maximum absolute atomic E-state index is 11.3. The van der Waals surface area contributed by atoms with Crippen molar-refractivity contribution in [3.8, 4) is 0 Å². The van der Waals surface area contributed by atoms with E-state index in [0.717, 1.165) is 12.1 Å². The predicted molar refractivity (Wildman–Crippen MR) is 77.1 cm³/mol. The van der Waals surface area contributed by atoms with Crippen LogP contribution in [0.1, 0.15) is 20.3 Å². The van der Waals surface area contributed by atoms with Gasteiger partial charge in [0.2, 0.25) is 0 Å². The van der Waals surface area contributed by atoms with E-state index >= 15 is 0 Å². The van der Waals surface area contributed by atoms with E-state index in [4.69, 9.17) is 11.6 Å². The van der Waals surface area contributed by atoms with Crippen LogP contribution in [0.4, 0.5) is 5.69 Å². The lowest BCUT2D eigenvalue weighted by Gasteiger charge is -2.14. The van der Waals surface area contributed by atoms with E-state index in [0.29, 0.717) is 17.4 Å². The van der Waals surface area contributed by atoms with Crippen molar-refractivity contribution in [1.29, 1.82) is 0 Å². The van der Waals surface area contributed by atoms with Gasteiger partial charge in [-0.15, -0.1) is 11.6 Å². The van der Waals surface area contributed by atoms with Crippen molar-refractivity contribution in [3.63, 3.8) is 0 Å². The first-order valence-corrected chi connectivity index (χ1v) is 8.30. The average molecular weight is 290 g/mol. The molecule has 0 radical (unpaired) electrons. The largest absolute Gasteiger partial charge is 0.384 e. The van der Waals surface area contributed by atoms with Gasteiger partial charge in [-0.1, -0.05) is 13.8 Å². The first-order chi connectivity index (χ1) is 8.29. The molecule has 0 aliphatic rings. The lowest BCUT2D eigenvalue weighted by atomic mass is 10.1. The monoisotopic (exact) mass is 289 g/mol. The lowest BCUT2D eigenvalue weighted by Crippen LogP contribution is -2.16. The summed E-state index contributed by atoms with van der Waals surface area (Å²) in [5.41, 5.74) is 0.886. The molecule has 0 saturated carbocycles. The van der Waals surface area contributed by atoms with Gasteiger partial charge in [0.05, 0.1) is 10.3 Å². The predicted octanol–water partition coefficient (Wildman–Crippen LogP) is 3.16. The highest BCUT2D eigenvalue weighted by atomic mass is 35.5. The number of alkyl halides is 1. The minimum Gasteiger partial charge on any atom is -0.384 e. The number of hydrogen-bond donors (Lipinski definition) is 1. The highest BCUT2D eigenvalue weighted by Crippen LogP contribution is 2.16. The van der Waals surface area contributed by atoms with Crippen molar-refractivity contribution >= 4 is 27.1 Å². The summed E-state index contributed by atoms with van der Waals surface area (Å²) in [7, 11) is -3.12. The molecule has 5 heteroatoms. The number of benzene rings is 1. The molecule has 1 aromatic carbocycles. The Morgan fingerprint density at radius 1 is 1.22 bits per heavy atom. The molecule has 1 unspecified atom stereocenters. The highest BCUT2D eigenvalue weighted by Gasteiger charge is 2.08. The minimum absolute atomic E-state index is 0.0829. The maximum Gasteiger partial charge on any atom is 0.175 e. The van der Waals surface area contributed by atoms with Gasteiger partial charge in [0.1, 0.15) is 0 Å². The van der Waals surface area contributed by atoms with Gasteiger partial charge in [-0.25, -0.2) is 8.42 Å². The first kappa shape index (κ1) is 15.3. The molecule has 3 nitrogen and oxygen atoms in total. The zero-order valence-electron chi connectivity index (χ0n) is 11.0. The molecule has 0 aliphatic heterocycles. The number of halogens is 1. The summed E-state index contributed by atoms with van der Waals surface area (Å²) in [6, 6.07) is 6.72. The number of anilines is 1. The van der Waals surface area contributed by atoms with Crippen LogP contribution in [0.3, 0.4) is 0 Å². The van der Waals surface area contributed by atoms with Crippen molar-refractivity contribution in [2.24, 2.45) is 5.92 Å². The van der Waals surface area contributed by atoms with Gasteiger partial charge in [0.15, 0.2) is 9.84 Å². The molecule has 0 saturated heterocycles. The summed E-state index contributed by atoms with van der Waals surface area (Å²) in [6.07, 6.45) is 2.16. The molecule has 0 spiro atoms. The van der Waals surface area contributed by atoms with Gasteiger partial charge in [0.25, 0.3) is 0 Å². The van der Waals surface area contributed by atoms with Crippen LogP contribution in [-0.2, 0) is 9.84 Å². The Bertz CT molecular complexity index is 468. The quantitative estimate of drug-likeness (QED) is 0.818. The molecular formula is C13H20ClNO2S. The van der Waals surface area contributed by atoms with Crippen LogP contribution in [0.15, 0.2) is 29.2 Å². The smallest absolute Gasteiger partial charge is 0.175 e. The second-order valence-electron chi connectivity index (χ2n) is 4.90. The molecule has 1 aromatic rings. The molecule has 0 fully saturated rings. The third kappa shape index (κ3) is 5.27. The van der Waals surface area contributed by atoms with Crippen LogP contribution in [0.5, 0.6) is 0 Å². The fourth-order valence-electron chi connectivity index (χ4n) is 1.64. The Labute approximate surface area is 114 Å². The normalized spacial score (nSPS) is 13.6. The zero-order chi connectivity index (χ0) is 13.8. The van der Waals surface area contributed by atoms with E-state index in [1.807, 2.05) is 0 Å². The molecule has 18 heavy (non-hydrogen) atoms. The number of sulfone groups is 1. The number of nitrogens with one attached hydrogen (secondary N) is 1. The summed E-state index contributed by atoms with van der Waals surface area (Å²) in [4.78, 5) is 0.331. The molecule has 0 amide bonds. The van der Waals surface area contributed by atoms with Gasteiger partial charge in [-0.2, -0.15) is 0 Å². The summed E-state index contributed by atoms with van der Waals surface area (Å²) < 4.78 is 22.6. The molecule has 0 bridgehead atoms. The molecule has 0 aliphatic carbocycles. The van der Waals surface area contributed by atoms with Gasteiger partial charge in [0, 0.05) is 18.5 Å². The first-order valence-electron chi connectivity index (χ1n) is 5.97. The third-order valence-electron chi connectivity index (χ3n) is 2.54. The Hall–Kier alpha value is -0.740. The van der Waals surface area contributed by atoms with E-state index in [-0.39, 0.29) is 5.38 Å². The van der Waals surface area contributed by atoms with E-state index in [1.165, 1.54) is 6.26 Å². The van der Waals surface area contributed by atoms with Crippen LogP contribution in [0.2, 0.25) is 0 Å². The van der Waals surface area contributed by atoms with Crippen LogP contribution >= 0.6 is 11.6 Å². The Morgan fingerprint density at radius 2 is 1.78 bits per heavy atom. The summed E-state index contributed by atoms with van der Waals surface area (Å²) in [6.45, 7) is 4.95. The van der Waals surface area contributed by atoms with Crippen LogP contribution in [0, 0.1) is 5.92 Å². The summed E-state index contributed by atoms with van der Waals surface area (Å²) in [5, 5.41) is 3.28. The molecule has 1 atom stereocenters. The van der Waals surface area contributed by atoms with Crippen molar-refractivity contribution in [1.82, 2.24) is 0 Å². The van der Waals surface area contributed by atoms with Crippen molar-refractivity contribution < 1.29 is 8.42 Å². The van der Waals surface area contributed by atoms with Gasteiger partial charge in [-0.05, 0) is 36.6 Å². The topological polar surface area (TPSA) is 46.2 Å². The van der Waals surface area contributed by atoms with E-state index in [9.17, 15) is 8.42 Å². The second-order valence-corrected chi connectivity index (χ2v) is 7.54. The van der Waals surface area contributed by atoms with E-state index in [1.54, 1.807) is 24.3 Å². The summed E-state index contributed by atoms with van der Waals surface area (Å²) >= 11 is 6.17. The lowest BCUT2D eigenvalue weighted by molar-refractivity contribution is 0.572. The third-order valence-corrected chi connectivity index (χ3v) is 4.00. The average Bonchev–Trinajstić information content (AvgIpc) is 2.25. The maximum atomic E-state index is 11.3. The Balaban J connectivity index is 2.55. The number of hydrogen-bond acceptors (Lipinski definition) is 3. The molecule has 0 aromatic heterocycles. The molecule has 102 valence electrons. The fraction of sp³-hybridized carbons (Fsp3) is 0.538. The van der Waals surface area contributed by atoms with Crippen molar-refractivity contribution in [2.75, 3.05) is 18.1 Å². The zero-order valence-corrected chi connectivity index (χ0v) is 12.6. The molecular weight excluding hydrogens is 270 g/mol. The van der Waals surface area contributed by atoms with Gasteiger partial charge >= 0.3 is 0 Å². The van der Waals surface area contributed by atoms with Crippen LogP contribution in [-0.4, -0.2) is 26.6 Å². The van der Waals surface area contributed by atoms with Crippen LogP contribution in [0.25, 0.3) is 0 Å². The van der Waals surface area contributed by atoms with Crippen LogP contribution < -0.4 is 5.32 Å². The highest BCUT2D eigenvalue weighted by molar-refractivity contribution is 7.90. The van der Waals surface area contributed by atoms with Gasteiger partial charge in [-0.3, -0.25) is 0 Å². The Kier molecular flexibility index (Phi) is 5.47. The SMILES string of the molecule is CC(C)CC(Cl)CNc1ccc(S(C)(=O)=O)cc1. The van der Waals surface area contributed by atoms with E-state index < -0.39 is 9.84 Å². The Morgan fingerprint density at radius 3 is 2.22 bits per heavy atom. The standard InChI is InChI=1S/C13H20ClNO2S/c1-10(2)8-11(14)9-15-12-4-6-13(7-5-12)18(3,16)17/h4-7,10-11,15H,8-9H2,1-3H3. The second kappa shape index (κ2) is 6.43. The van der Waals surface area contributed by atoms with E-state index in [2.05, 4.69) is 19.2 Å². The number of rotatable bonds is 6. The van der Waals surface area contributed by atoms with Crippen molar-refractivity contribution in [3.05, 3.63) is 24.3 Å². The molecule has 1 rings (SSSR count). The summed E-state index contributed by atoms with van der Waals surface area (Å²) in [5.74, 6) is 0.571. The van der Waals surface area contributed by atoms with Gasteiger partial charge < -0.3 is 5.32 Å². The molecule has 0 heterocycles. The fourth-order valence-corrected chi connectivity index (χ4v) is 2.71. The minimum atomic E-state index is -3.12. The molecule has 1 N–H and O–H groups in total. The van der Waals surface area contributed by atoms with Crippen molar-refractivity contribution in [2.45, 2.75) is 30.5 Å².